The molecule has 0 spiro atoms. The highest BCUT2D eigenvalue weighted by molar-refractivity contribution is 5.63. The number of aromatic amines is 1. The molecule has 0 aliphatic carbocycles. The second-order valence-electron chi connectivity index (χ2n) is 6.38. The van der Waals surface area contributed by atoms with E-state index in [1.165, 1.54) is 12.8 Å². The highest BCUT2D eigenvalue weighted by atomic mass is 16.5. The number of nitrogens with zero attached hydrogens (tertiary/aromatic N) is 4. The Kier molecular flexibility index (Phi) is 4.47. The van der Waals surface area contributed by atoms with Gasteiger partial charge in [-0.2, -0.15) is 5.10 Å². The Balaban J connectivity index is 1.51. The first-order valence-corrected chi connectivity index (χ1v) is 8.61. The maximum Gasteiger partial charge on any atom is 0.118 e. The van der Waals surface area contributed by atoms with Gasteiger partial charge < -0.3 is 10.1 Å². The molecule has 0 radical (unpaired) electrons. The first-order valence-electron chi connectivity index (χ1n) is 8.61. The minimum Gasteiger partial charge on any atom is -0.497 e. The maximum atomic E-state index is 5.22. The maximum absolute atomic E-state index is 5.22. The number of aromatic nitrogens is 5. The van der Waals surface area contributed by atoms with Gasteiger partial charge in [-0.15, -0.1) is 5.10 Å². The van der Waals surface area contributed by atoms with E-state index in [0.717, 1.165) is 41.4 Å². The van der Waals surface area contributed by atoms with Crippen LogP contribution < -0.4 is 10.1 Å². The van der Waals surface area contributed by atoms with Crippen molar-refractivity contribution in [2.75, 3.05) is 20.2 Å². The minimum absolute atomic E-state index is 0.466. The number of benzene rings is 1. The van der Waals surface area contributed by atoms with Crippen LogP contribution in [0.3, 0.4) is 0 Å². The molecule has 4 rings (SSSR count). The van der Waals surface area contributed by atoms with Crippen LogP contribution in [0.1, 0.15) is 30.0 Å². The monoisotopic (exact) mass is 338 g/mol. The van der Waals surface area contributed by atoms with Crippen molar-refractivity contribution in [1.82, 2.24) is 30.5 Å². The van der Waals surface area contributed by atoms with E-state index in [9.17, 15) is 0 Å². The van der Waals surface area contributed by atoms with Gasteiger partial charge in [-0.3, -0.25) is 5.10 Å². The number of hydrogen-bond acceptors (Lipinski definition) is 5. The van der Waals surface area contributed by atoms with Crippen molar-refractivity contribution in [3.05, 3.63) is 47.9 Å². The van der Waals surface area contributed by atoms with Gasteiger partial charge in [0, 0.05) is 29.8 Å². The zero-order chi connectivity index (χ0) is 17.1. The summed E-state index contributed by atoms with van der Waals surface area (Å²) in [7, 11) is 1.67. The SMILES string of the molecule is COc1ccc(-c2[nH]ncc2Cn2cc(C3CCCNC3)nn2)cc1. The standard InChI is InChI=1S/C18H22N6O/c1-25-16-6-4-13(5-7-16)18-15(10-20-22-18)11-24-12-17(21-23-24)14-3-2-8-19-9-14/h4-7,10,12,14,19H,2-3,8-9,11H2,1H3,(H,20,22). The zero-order valence-corrected chi connectivity index (χ0v) is 14.3. The van der Waals surface area contributed by atoms with E-state index in [1.54, 1.807) is 7.11 Å². The summed E-state index contributed by atoms with van der Waals surface area (Å²) < 4.78 is 7.11. The van der Waals surface area contributed by atoms with Crippen molar-refractivity contribution in [1.29, 1.82) is 0 Å². The minimum atomic E-state index is 0.466. The Morgan fingerprint density at radius 3 is 2.92 bits per heavy atom. The number of piperidine rings is 1. The van der Waals surface area contributed by atoms with Crippen LogP contribution >= 0.6 is 0 Å². The van der Waals surface area contributed by atoms with E-state index in [-0.39, 0.29) is 0 Å². The smallest absolute Gasteiger partial charge is 0.118 e. The lowest BCUT2D eigenvalue weighted by atomic mass is 9.97. The molecule has 0 bridgehead atoms. The quantitative estimate of drug-likeness (QED) is 0.745. The van der Waals surface area contributed by atoms with Gasteiger partial charge in [-0.1, -0.05) is 5.21 Å². The average molecular weight is 338 g/mol. The molecule has 3 heterocycles. The van der Waals surface area contributed by atoms with Gasteiger partial charge in [0.25, 0.3) is 0 Å². The van der Waals surface area contributed by atoms with Gasteiger partial charge in [0.05, 0.1) is 31.2 Å². The molecule has 2 N–H and O–H groups in total. The van der Waals surface area contributed by atoms with Crippen LogP contribution in [0, 0.1) is 0 Å². The van der Waals surface area contributed by atoms with Crippen LogP contribution in [0.15, 0.2) is 36.7 Å². The summed E-state index contributed by atoms with van der Waals surface area (Å²) in [6.45, 7) is 2.73. The van der Waals surface area contributed by atoms with Crippen LogP contribution in [0.25, 0.3) is 11.3 Å². The van der Waals surface area contributed by atoms with Crippen LogP contribution in [-0.4, -0.2) is 45.4 Å². The van der Waals surface area contributed by atoms with Crippen LogP contribution in [-0.2, 0) is 6.54 Å². The number of hydrogen-bond donors (Lipinski definition) is 2. The summed E-state index contributed by atoms with van der Waals surface area (Å²) >= 11 is 0. The van der Waals surface area contributed by atoms with Crippen molar-refractivity contribution < 1.29 is 4.74 Å². The molecule has 2 aromatic heterocycles. The largest absolute Gasteiger partial charge is 0.497 e. The molecule has 1 unspecified atom stereocenters. The van der Waals surface area contributed by atoms with Crippen LogP contribution in [0.5, 0.6) is 5.75 Å². The zero-order valence-electron chi connectivity index (χ0n) is 14.3. The van der Waals surface area contributed by atoms with Gasteiger partial charge in [0.1, 0.15) is 5.75 Å². The van der Waals surface area contributed by atoms with Gasteiger partial charge in [0.15, 0.2) is 0 Å². The summed E-state index contributed by atoms with van der Waals surface area (Å²) in [4.78, 5) is 0. The second kappa shape index (κ2) is 7.06. The molecule has 1 atom stereocenters. The second-order valence-corrected chi connectivity index (χ2v) is 6.38. The molecule has 1 aliphatic rings. The molecule has 1 aliphatic heterocycles. The Morgan fingerprint density at radius 2 is 2.16 bits per heavy atom. The van der Waals surface area contributed by atoms with E-state index in [1.807, 2.05) is 35.1 Å². The summed E-state index contributed by atoms with van der Waals surface area (Å²) in [5, 5.41) is 19.4. The average Bonchev–Trinajstić information content (AvgIpc) is 3.33. The van der Waals surface area contributed by atoms with Crippen molar-refractivity contribution in [2.24, 2.45) is 0 Å². The van der Waals surface area contributed by atoms with Gasteiger partial charge >= 0.3 is 0 Å². The molecule has 7 heteroatoms. The van der Waals surface area contributed by atoms with E-state index in [0.29, 0.717) is 12.5 Å². The first kappa shape index (κ1) is 15.8. The lowest BCUT2D eigenvalue weighted by Gasteiger charge is -2.20. The topological polar surface area (TPSA) is 80.6 Å². The van der Waals surface area contributed by atoms with E-state index in [4.69, 9.17) is 4.74 Å². The molecule has 130 valence electrons. The number of methoxy groups -OCH3 is 1. The molecule has 3 aromatic rings. The summed E-state index contributed by atoms with van der Waals surface area (Å²) in [5.41, 5.74) is 4.23. The number of rotatable bonds is 5. The van der Waals surface area contributed by atoms with E-state index < -0.39 is 0 Å². The highest BCUT2D eigenvalue weighted by Crippen LogP contribution is 2.25. The predicted molar refractivity (Wildman–Crippen MR) is 94.5 cm³/mol. The third-order valence-electron chi connectivity index (χ3n) is 4.70. The van der Waals surface area contributed by atoms with Gasteiger partial charge in [0.2, 0.25) is 0 Å². The molecule has 0 amide bonds. The summed E-state index contributed by atoms with van der Waals surface area (Å²) in [6.07, 6.45) is 6.28. The molecule has 25 heavy (non-hydrogen) atoms. The Bertz CT molecular complexity index is 816. The number of nitrogens with one attached hydrogen (secondary N) is 2. The van der Waals surface area contributed by atoms with Crippen molar-refractivity contribution in [3.63, 3.8) is 0 Å². The fraction of sp³-hybridized carbons (Fsp3) is 0.389. The van der Waals surface area contributed by atoms with Crippen LogP contribution in [0.2, 0.25) is 0 Å². The molecular weight excluding hydrogens is 316 g/mol. The number of ether oxygens (including phenoxy) is 1. The Morgan fingerprint density at radius 1 is 1.28 bits per heavy atom. The summed E-state index contributed by atoms with van der Waals surface area (Å²) in [5.74, 6) is 1.31. The van der Waals surface area contributed by atoms with E-state index in [2.05, 4.69) is 32.0 Å². The third-order valence-corrected chi connectivity index (χ3v) is 4.70. The van der Waals surface area contributed by atoms with Crippen molar-refractivity contribution in [3.8, 4) is 17.0 Å². The van der Waals surface area contributed by atoms with Crippen molar-refractivity contribution in [2.45, 2.75) is 25.3 Å². The van der Waals surface area contributed by atoms with Gasteiger partial charge in [-0.05, 0) is 43.7 Å². The highest BCUT2D eigenvalue weighted by Gasteiger charge is 2.18. The fourth-order valence-electron chi connectivity index (χ4n) is 3.30. The lowest BCUT2D eigenvalue weighted by molar-refractivity contribution is 0.415. The fourth-order valence-corrected chi connectivity index (χ4v) is 3.30. The summed E-state index contributed by atoms with van der Waals surface area (Å²) in [6, 6.07) is 7.94. The molecule has 1 fully saturated rings. The molecule has 0 saturated carbocycles. The molecular formula is C18H22N6O. The van der Waals surface area contributed by atoms with Crippen LogP contribution in [0.4, 0.5) is 0 Å². The third kappa shape index (κ3) is 3.41. The van der Waals surface area contributed by atoms with Gasteiger partial charge in [-0.25, -0.2) is 4.68 Å². The van der Waals surface area contributed by atoms with Crippen molar-refractivity contribution >= 4 is 0 Å². The Hall–Kier alpha value is -2.67. The lowest BCUT2D eigenvalue weighted by Crippen LogP contribution is -2.28. The number of H-pyrrole nitrogens is 1. The normalized spacial score (nSPS) is 17.6. The first-order chi connectivity index (χ1) is 12.3. The Labute approximate surface area is 146 Å². The predicted octanol–water partition coefficient (Wildman–Crippen LogP) is 2.19. The molecule has 1 aromatic carbocycles. The van der Waals surface area contributed by atoms with E-state index >= 15 is 0 Å². The molecule has 7 nitrogen and oxygen atoms in total. The molecule has 1 saturated heterocycles.